The van der Waals surface area contributed by atoms with Crippen molar-refractivity contribution >= 4 is 112 Å². The third-order valence-electron chi connectivity index (χ3n) is 10.3. The third-order valence-corrected chi connectivity index (χ3v) is 13.7. The molecule has 0 saturated carbocycles. The van der Waals surface area contributed by atoms with Gasteiger partial charge in [0.15, 0.2) is 0 Å². The third kappa shape index (κ3) is 4.59. The molecule has 11 aromatic rings. The molecule has 244 valence electrons. The van der Waals surface area contributed by atoms with Gasteiger partial charge in [-0.3, -0.25) is 0 Å². The molecule has 52 heavy (non-hydrogen) atoms. The molecular weight excluding hydrogens is 687 g/mol. The zero-order valence-corrected chi connectivity index (χ0v) is 30.4. The number of benzene rings is 8. The fourth-order valence-electron chi connectivity index (χ4n) is 7.97. The highest BCUT2D eigenvalue weighted by Gasteiger charge is 2.27. The van der Waals surface area contributed by atoms with Gasteiger partial charge in [0.25, 0.3) is 0 Å². The Balaban J connectivity index is 1.32. The van der Waals surface area contributed by atoms with Crippen LogP contribution in [0.5, 0.6) is 0 Å². The number of nitrogens with zero attached hydrogens (tertiary/aromatic N) is 1. The largest absolute Gasteiger partial charge is 0.308 e. The Morgan fingerprint density at radius 2 is 0.885 bits per heavy atom. The van der Waals surface area contributed by atoms with Gasteiger partial charge in [0.2, 0.25) is 0 Å². The van der Waals surface area contributed by atoms with E-state index in [0.29, 0.717) is 0 Å². The van der Waals surface area contributed by atoms with E-state index < -0.39 is 0 Å². The topological polar surface area (TPSA) is 3.24 Å². The summed E-state index contributed by atoms with van der Waals surface area (Å²) in [7, 11) is 0. The van der Waals surface area contributed by atoms with Crippen molar-refractivity contribution in [2.45, 2.75) is 0 Å². The molecule has 4 heteroatoms. The first-order valence-electron chi connectivity index (χ1n) is 17.5. The van der Waals surface area contributed by atoms with Crippen molar-refractivity contribution in [1.82, 2.24) is 0 Å². The standard InChI is InChI=1S/C48H29NS3/c1-3-13-30(14-4-1)33-26-28-43-46(38-19-9-11-21-41(38)50-43)47(33)49(32-23-24-36-35-17-7-10-20-40(35)51-44(36)29-32)39-27-25-34(31-15-5-2-6-16-31)48-45(39)37-18-8-12-22-42(37)52-48/h1-29H. The lowest BCUT2D eigenvalue weighted by atomic mass is 9.96. The Kier molecular flexibility index (Phi) is 6.84. The summed E-state index contributed by atoms with van der Waals surface area (Å²) in [5, 5.41) is 7.77. The van der Waals surface area contributed by atoms with Crippen LogP contribution in [-0.2, 0) is 0 Å². The number of thiophene rings is 3. The Hall–Kier alpha value is -5.78. The first kappa shape index (κ1) is 29.9. The van der Waals surface area contributed by atoms with E-state index in [1.165, 1.54) is 94.1 Å². The second-order valence-electron chi connectivity index (χ2n) is 13.2. The Morgan fingerprint density at radius 3 is 1.62 bits per heavy atom. The van der Waals surface area contributed by atoms with Gasteiger partial charge in [-0.05, 0) is 59.2 Å². The average molecular weight is 716 g/mol. The maximum absolute atomic E-state index is 2.59. The average Bonchev–Trinajstić information content (AvgIpc) is 3.90. The van der Waals surface area contributed by atoms with Crippen LogP contribution in [0.4, 0.5) is 17.1 Å². The zero-order chi connectivity index (χ0) is 34.2. The first-order chi connectivity index (χ1) is 25.8. The summed E-state index contributed by atoms with van der Waals surface area (Å²) in [6.07, 6.45) is 0. The van der Waals surface area contributed by atoms with Crippen molar-refractivity contribution in [3.63, 3.8) is 0 Å². The summed E-state index contributed by atoms with van der Waals surface area (Å²) in [5.41, 5.74) is 8.48. The summed E-state index contributed by atoms with van der Waals surface area (Å²) in [5.74, 6) is 0. The molecule has 0 bridgehead atoms. The molecule has 0 unspecified atom stereocenters. The molecule has 0 spiro atoms. The summed E-state index contributed by atoms with van der Waals surface area (Å²) in [6, 6.07) is 64.9. The predicted molar refractivity (Wildman–Crippen MR) is 231 cm³/mol. The summed E-state index contributed by atoms with van der Waals surface area (Å²) in [4.78, 5) is 2.59. The SMILES string of the molecule is c1ccc(-c2ccc3sc4ccccc4c3c2N(c2ccc3c(c2)sc2ccccc23)c2ccc(-c3ccccc3)c3sc4ccccc4c23)cc1. The molecule has 0 atom stereocenters. The number of anilines is 3. The van der Waals surface area contributed by atoms with Crippen LogP contribution in [0.25, 0.3) is 82.8 Å². The number of hydrogen-bond acceptors (Lipinski definition) is 4. The van der Waals surface area contributed by atoms with Gasteiger partial charge < -0.3 is 4.90 Å². The minimum Gasteiger partial charge on any atom is -0.308 e. The second kappa shape index (κ2) is 11.9. The van der Waals surface area contributed by atoms with Crippen LogP contribution in [0.3, 0.4) is 0 Å². The number of fused-ring (bicyclic) bond motifs is 9. The van der Waals surface area contributed by atoms with Gasteiger partial charge in [-0.25, -0.2) is 0 Å². The molecule has 0 fully saturated rings. The summed E-state index contributed by atoms with van der Waals surface area (Å²) >= 11 is 5.65. The van der Waals surface area contributed by atoms with Crippen LogP contribution in [0, 0.1) is 0 Å². The summed E-state index contributed by atoms with van der Waals surface area (Å²) in [6.45, 7) is 0. The summed E-state index contributed by atoms with van der Waals surface area (Å²) < 4.78 is 7.80. The Labute approximate surface area is 312 Å². The molecule has 0 amide bonds. The molecule has 8 aromatic carbocycles. The Bertz CT molecular complexity index is 3130. The first-order valence-corrected chi connectivity index (χ1v) is 20.0. The van der Waals surface area contributed by atoms with Crippen molar-refractivity contribution in [3.05, 3.63) is 176 Å². The maximum atomic E-state index is 2.59. The number of rotatable bonds is 5. The van der Waals surface area contributed by atoms with Crippen molar-refractivity contribution in [2.24, 2.45) is 0 Å². The van der Waals surface area contributed by atoms with E-state index in [1.54, 1.807) is 0 Å². The molecular formula is C48H29NS3. The minimum absolute atomic E-state index is 1.16. The molecule has 1 nitrogen and oxygen atoms in total. The fraction of sp³-hybridized carbons (Fsp3) is 0. The molecule has 0 radical (unpaired) electrons. The molecule has 0 N–H and O–H groups in total. The van der Waals surface area contributed by atoms with Crippen LogP contribution < -0.4 is 4.90 Å². The van der Waals surface area contributed by atoms with E-state index >= 15 is 0 Å². The monoisotopic (exact) mass is 715 g/mol. The molecule has 0 aliphatic carbocycles. The molecule has 3 heterocycles. The van der Waals surface area contributed by atoms with Crippen LogP contribution in [0.1, 0.15) is 0 Å². The van der Waals surface area contributed by atoms with Crippen molar-refractivity contribution in [2.75, 3.05) is 4.90 Å². The quantitative estimate of drug-likeness (QED) is 0.171. The van der Waals surface area contributed by atoms with E-state index in [9.17, 15) is 0 Å². The fourth-order valence-corrected chi connectivity index (χ4v) is 11.5. The molecule has 0 aliphatic rings. The van der Waals surface area contributed by atoms with Gasteiger partial charge in [0.05, 0.1) is 11.4 Å². The molecule has 0 saturated heterocycles. The van der Waals surface area contributed by atoms with Gasteiger partial charge in [-0.15, -0.1) is 34.0 Å². The van der Waals surface area contributed by atoms with E-state index in [1.807, 2.05) is 34.0 Å². The molecule has 0 aliphatic heterocycles. The van der Waals surface area contributed by atoms with E-state index in [4.69, 9.17) is 0 Å². The van der Waals surface area contributed by atoms with E-state index in [-0.39, 0.29) is 0 Å². The van der Waals surface area contributed by atoms with Crippen LogP contribution >= 0.6 is 34.0 Å². The number of hydrogen-bond donors (Lipinski definition) is 0. The van der Waals surface area contributed by atoms with E-state index in [2.05, 4.69) is 181 Å². The van der Waals surface area contributed by atoms with Gasteiger partial charge in [0.1, 0.15) is 0 Å². The highest BCUT2D eigenvalue weighted by Crippen LogP contribution is 2.54. The molecule has 11 rings (SSSR count). The van der Waals surface area contributed by atoms with E-state index in [0.717, 1.165) is 5.69 Å². The lowest BCUT2D eigenvalue weighted by Crippen LogP contribution is -2.12. The predicted octanol–water partition coefficient (Wildman–Crippen LogP) is 15.6. The maximum Gasteiger partial charge on any atom is 0.0633 e. The second-order valence-corrected chi connectivity index (χ2v) is 16.4. The van der Waals surface area contributed by atoms with Gasteiger partial charge in [0, 0.05) is 71.8 Å². The van der Waals surface area contributed by atoms with Gasteiger partial charge >= 0.3 is 0 Å². The van der Waals surface area contributed by atoms with Crippen molar-refractivity contribution < 1.29 is 0 Å². The molecule has 3 aromatic heterocycles. The van der Waals surface area contributed by atoms with Gasteiger partial charge in [-0.2, -0.15) is 0 Å². The van der Waals surface area contributed by atoms with Gasteiger partial charge in [-0.1, -0.05) is 133 Å². The minimum atomic E-state index is 1.16. The normalized spacial score (nSPS) is 11.8. The highest BCUT2D eigenvalue weighted by atomic mass is 32.1. The Morgan fingerprint density at radius 1 is 0.346 bits per heavy atom. The zero-order valence-electron chi connectivity index (χ0n) is 27.9. The van der Waals surface area contributed by atoms with Crippen LogP contribution in [-0.4, -0.2) is 0 Å². The van der Waals surface area contributed by atoms with Crippen LogP contribution in [0.2, 0.25) is 0 Å². The van der Waals surface area contributed by atoms with Crippen molar-refractivity contribution in [3.8, 4) is 22.3 Å². The highest BCUT2D eigenvalue weighted by molar-refractivity contribution is 7.27. The lowest BCUT2D eigenvalue weighted by molar-refractivity contribution is 1.33. The smallest absolute Gasteiger partial charge is 0.0633 e. The lowest BCUT2D eigenvalue weighted by Gasteiger charge is -2.30. The van der Waals surface area contributed by atoms with Crippen LogP contribution in [0.15, 0.2) is 176 Å². The van der Waals surface area contributed by atoms with Crippen molar-refractivity contribution in [1.29, 1.82) is 0 Å².